The number of carbonyl (C=O) groups excluding carboxylic acids is 1. The Labute approximate surface area is 149 Å². The predicted molar refractivity (Wildman–Crippen MR) is 95.9 cm³/mol. The van der Waals surface area contributed by atoms with E-state index < -0.39 is 0 Å². The number of hydrogen-bond acceptors (Lipinski definition) is 4. The summed E-state index contributed by atoms with van der Waals surface area (Å²) >= 11 is 1.63. The highest BCUT2D eigenvalue weighted by atomic mass is 32.2. The zero-order valence-corrected chi connectivity index (χ0v) is 14.5. The molecule has 1 aromatic heterocycles. The van der Waals surface area contributed by atoms with E-state index in [2.05, 4.69) is 10.5 Å². The first-order valence-electron chi connectivity index (χ1n) is 7.89. The van der Waals surface area contributed by atoms with E-state index >= 15 is 0 Å². The third kappa shape index (κ3) is 4.28. The van der Waals surface area contributed by atoms with Crippen molar-refractivity contribution in [1.29, 1.82) is 0 Å². The lowest BCUT2D eigenvalue weighted by molar-refractivity contribution is 0.0947. The van der Waals surface area contributed by atoms with Crippen LogP contribution in [0.2, 0.25) is 0 Å². The molecule has 0 unspecified atom stereocenters. The van der Waals surface area contributed by atoms with Crippen LogP contribution in [0.4, 0.5) is 4.39 Å². The van der Waals surface area contributed by atoms with Crippen LogP contribution in [0.25, 0.3) is 11.3 Å². The largest absolute Gasteiger partial charge is 0.356 e. The molecule has 2 aromatic carbocycles. The highest BCUT2D eigenvalue weighted by Crippen LogP contribution is 2.23. The molecule has 0 fully saturated rings. The Morgan fingerprint density at radius 1 is 1.20 bits per heavy atom. The van der Waals surface area contributed by atoms with E-state index in [1.54, 1.807) is 36.0 Å². The van der Waals surface area contributed by atoms with Crippen molar-refractivity contribution in [2.45, 2.75) is 18.4 Å². The number of amides is 1. The van der Waals surface area contributed by atoms with E-state index in [0.29, 0.717) is 17.0 Å². The van der Waals surface area contributed by atoms with Gasteiger partial charge in [0.1, 0.15) is 11.5 Å². The monoisotopic (exact) mass is 356 g/mol. The molecule has 25 heavy (non-hydrogen) atoms. The van der Waals surface area contributed by atoms with Crippen LogP contribution in [0.5, 0.6) is 0 Å². The van der Waals surface area contributed by atoms with Gasteiger partial charge in [-0.15, -0.1) is 11.8 Å². The van der Waals surface area contributed by atoms with Gasteiger partial charge in [0.2, 0.25) is 0 Å². The first-order chi connectivity index (χ1) is 12.2. The van der Waals surface area contributed by atoms with E-state index in [9.17, 15) is 9.18 Å². The lowest BCUT2D eigenvalue weighted by Crippen LogP contribution is -2.23. The highest BCUT2D eigenvalue weighted by Gasteiger charge is 2.12. The zero-order chi connectivity index (χ0) is 17.6. The third-order valence-electron chi connectivity index (χ3n) is 3.55. The lowest BCUT2D eigenvalue weighted by atomic mass is 10.1. The molecule has 6 heteroatoms. The van der Waals surface area contributed by atoms with Crippen molar-refractivity contribution in [1.82, 2.24) is 10.5 Å². The number of thioether (sulfide) groups is 1. The fraction of sp³-hybridized carbons (Fsp3) is 0.158. The molecule has 3 rings (SSSR count). The van der Waals surface area contributed by atoms with Crippen LogP contribution in [0, 0.1) is 5.82 Å². The Balaban J connectivity index is 1.66. The van der Waals surface area contributed by atoms with Crippen LogP contribution >= 0.6 is 11.8 Å². The van der Waals surface area contributed by atoms with E-state index in [1.807, 2.05) is 25.1 Å². The van der Waals surface area contributed by atoms with Gasteiger partial charge in [0.15, 0.2) is 5.76 Å². The number of hydrogen-bond donors (Lipinski definition) is 1. The van der Waals surface area contributed by atoms with Gasteiger partial charge in [-0.3, -0.25) is 4.79 Å². The van der Waals surface area contributed by atoms with Gasteiger partial charge < -0.3 is 9.84 Å². The van der Waals surface area contributed by atoms with Crippen LogP contribution < -0.4 is 5.32 Å². The minimum absolute atomic E-state index is 0.150. The second kappa shape index (κ2) is 7.98. The second-order valence-corrected chi connectivity index (χ2v) is 6.61. The number of carbonyl (C=O) groups is 1. The van der Waals surface area contributed by atoms with Gasteiger partial charge >= 0.3 is 0 Å². The third-order valence-corrected chi connectivity index (χ3v) is 4.50. The maximum atomic E-state index is 13.0. The summed E-state index contributed by atoms with van der Waals surface area (Å²) in [4.78, 5) is 13.4. The Morgan fingerprint density at radius 3 is 2.72 bits per heavy atom. The molecule has 0 atom stereocenters. The molecule has 0 aliphatic carbocycles. The highest BCUT2D eigenvalue weighted by molar-refractivity contribution is 7.99. The molecule has 0 saturated heterocycles. The van der Waals surface area contributed by atoms with E-state index in [0.717, 1.165) is 16.2 Å². The first-order valence-corrected chi connectivity index (χ1v) is 8.87. The number of nitrogens with zero attached hydrogens (tertiary/aromatic N) is 1. The number of nitrogens with one attached hydrogen (secondary N) is 1. The maximum absolute atomic E-state index is 13.0. The second-order valence-electron chi connectivity index (χ2n) is 5.30. The van der Waals surface area contributed by atoms with Gasteiger partial charge in [-0.1, -0.05) is 24.2 Å². The number of benzene rings is 2. The molecule has 0 spiro atoms. The Bertz CT molecular complexity index is 862. The average Bonchev–Trinajstić information content (AvgIpc) is 3.10. The summed E-state index contributed by atoms with van der Waals surface area (Å²) in [5.74, 6) is 0.975. The number of rotatable bonds is 6. The lowest BCUT2D eigenvalue weighted by Gasteiger charge is -2.08. The molecule has 0 aliphatic rings. The molecule has 0 saturated carbocycles. The normalized spacial score (nSPS) is 10.6. The van der Waals surface area contributed by atoms with E-state index in [1.165, 1.54) is 12.1 Å². The summed E-state index contributed by atoms with van der Waals surface area (Å²) < 4.78 is 18.2. The first kappa shape index (κ1) is 17.2. The number of aromatic nitrogens is 1. The molecule has 1 amide bonds. The van der Waals surface area contributed by atoms with Crippen molar-refractivity contribution < 1.29 is 13.7 Å². The molecule has 0 bridgehead atoms. The Hall–Kier alpha value is -2.60. The van der Waals surface area contributed by atoms with Gasteiger partial charge in [0.05, 0.1) is 12.1 Å². The van der Waals surface area contributed by atoms with Crippen molar-refractivity contribution in [2.75, 3.05) is 5.75 Å². The molecule has 128 valence electrons. The molecular weight excluding hydrogens is 339 g/mol. The topological polar surface area (TPSA) is 55.1 Å². The zero-order valence-electron chi connectivity index (χ0n) is 13.7. The van der Waals surface area contributed by atoms with E-state index in [4.69, 9.17) is 4.52 Å². The van der Waals surface area contributed by atoms with Gasteiger partial charge in [0, 0.05) is 16.5 Å². The summed E-state index contributed by atoms with van der Waals surface area (Å²) in [5, 5.41) is 6.80. The summed E-state index contributed by atoms with van der Waals surface area (Å²) in [5.41, 5.74) is 1.99. The smallest absolute Gasteiger partial charge is 0.252 e. The van der Waals surface area contributed by atoms with Crippen molar-refractivity contribution in [2.24, 2.45) is 0 Å². The summed E-state index contributed by atoms with van der Waals surface area (Å²) in [7, 11) is 0. The fourth-order valence-corrected chi connectivity index (χ4v) is 3.15. The standard InChI is InChI=1S/C19H17FN2O2S/c1-2-25-18-6-4-3-5-16(18)19(23)21-12-15-11-17(24-22-15)13-7-9-14(20)10-8-13/h3-11H,2,12H2,1H3,(H,21,23). The molecule has 1 N–H and O–H groups in total. The predicted octanol–water partition coefficient (Wildman–Crippen LogP) is 4.52. The van der Waals surface area contributed by atoms with Crippen LogP contribution in [0.15, 0.2) is 64.0 Å². The van der Waals surface area contributed by atoms with Crippen LogP contribution in [0.1, 0.15) is 23.0 Å². The van der Waals surface area contributed by atoms with Crippen molar-refractivity contribution in [3.05, 3.63) is 71.7 Å². The average molecular weight is 356 g/mol. The molecule has 4 nitrogen and oxygen atoms in total. The Morgan fingerprint density at radius 2 is 1.96 bits per heavy atom. The van der Waals surface area contributed by atoms with Gasteiger partial charge in [-0.25, -0.2) is 4.39 Å². The van der Waals surface area contributed by atoms with Gasteiger partial charge in [-0.2, -0.15) is 0 Å². The summed E-state index contributed by atoms with van der Waals surface area (Å²) in [6, 6.07) is 15.2. The van der Waals surface area contributed by atoms with E-state index in [-0.39, 0.29) is 18.3 Å². The van der Waals surface area contributed by atoms with Crippen LogP contribution in [-0.2, 0) is 6.54 Å². The minimum atomic E-state index is -0.306. The fourth-order valence-electron chi connectivity index (χ4n) is 2.35. The van der Waals surface area contributed by atoms with Gasteiger partial charge in [-0.05, 0) is 42.2 Å². The Kier molecular flexibility index (Phi) is 5.50. The molecule has 0 aliphatic heterocycles. The van der Waals surface area contributed by atoms with Gasteiger partial charge in [0.25, 0.3) is 5.91 Å². The van der Waals surface area contributed by atoms with Crippen LogP contribution in [-0.4, -0.2) is 16.8 Å². The molecule has 3 aromatic rings. The SMILES string of the molecule is CCSc1ccccc1C(=O)NCc1cc(-c2ccc(F)cc2)on1. The summed E-state index contributed by atoms with van der Waals surface area (Å²) in [6.45, 7) is 2.31. The van der Waals surface area contributed by atoms with Crippen LogP contribution in [0.3, 0.4) is 0 Å². The molecular formula is C19H17FN2O2S. The van der Waals surface area contributed by atoms with Crippen molar-refractivity contribution in [3.8, 4) is 11.3 Å². The van der Waals surface area contributed by atoms with Crippen molar-refractivity contribution >= 4 is 17.7 Å². The quantitative estimate of drug-likeness (QED) is 0.660. The maximum Gasteiger partial charge on any atom is 0.252 e. The summed E-state index contributed by atoms with van der Waals surface area (Å²) in [6.07, 6.45) is 0. The molecule has 0 radical (unpaired) electrons. The molecule has 1 heterocycles. The minimum Gasteiger partial charge on any atom is -0.356 e. The number of halogens is 1. The van der Waals surface area contributed by atoms with Crippen molar-refractivity contribution in [3.63, 3.8) is 0 Å².